The van der Waals surface area contributed by atoms with Crippen molar-refractivity contribution in [1.29, 1.82) is 5.41 Å². The minimum absolute atomic E-state index is 0.143. The largest absolute Gasteiger partial charge is 0.494 e. The molecular weight excluding hydrogens is 474 g/mol. The van der Waals surface area contributed by atoms with Crippen LogP contribution in [0.1, 0.15) is 35.1 Å². The molecule has 4 aromatic rings. The molecular formula is C28H30ClN5O2. The molecule has 1 heterocycles. The van der Waals surface area contributed by atoms with Crippen LogP contribution >= 0.6 is 11.6 Å². The lowest BCUT2D eigenvalue weighted by Gasteiger charge is -2.19. The van der Waals surface area contributed by atoms with Gasteiger partial charge in [-0.15, -0.1) is 11.6 Å². The molecule has 0 bridgehead atoms. The number of aromatic nitrogens is 2. The molecule has 8 heteroatoms. The lowest BCUT2D eigenvalue weighted by atomic mass is 10.0. The number of rotatable bonds is 10. The number of hydrogen-bond acceptors (Lipinski definition) is 4. The van der Waals surface area contributed by atoms with E-state index in [1.165, 1.54) is 0 Å². The highest BCUT2D eigenvalue weighted by Gasteiger charge is 2.22. The predicted octanol–water partition coefficient (Wildman–Crippen LogP) is 5.31. The predicted molar refractivity (Wildman–Crippen MR) is 145 cm³/mol. The van der Waals surface area contributed by atoms with Crippen LogP contribution in [0.3, 0.4) is 0 Å². The third-order valence-electron chi connectivity index (χ3n) is 6.14. The Morgan fingerprint density at radius 3 is 2.47 bits per heavy atom. The summed E-state index contributed by atoms with van der Waals surface area (Å²) < 4.78 is 7.50. The van der Waals surface area contributed by atoms with Gasteiger partial charge in [-0.05, 0) is 48.2 Å². The van der Waals surface area contributed by atoms with Gasteiger partial charge in [0.1, 0.15) is 22.9 Å². The quantitative estimate of drug-likeness (QED) is 0.118. The highest BCUT2D eigenvalue weighted by atomic mass is 35.5. The number of para-hydroxylation sites is 1. The summed E-state index contributed by atoms with van der Waals surface area (Å²) in [6.45, 7) is 0.580. The number of methoxy groups -OCH3 is 1. The summed E-state index contributed by atoms with van der Waals surface area (Å²) >= 11 is 5.70. The Bertz CT molecular complexity index is 1340. The fourth-order valence-corrected chi connectivity index (χ4v) is 4.32. The van der Waals surface area contributed by atoms with Crippen LogP contribution < -0.4 is 15.4 Å². The Morgan fingerprint density at radius 2 is 1.78 bits per heavy atom. The number of alkyl halides is 1. The summed E-state index contributed by atoms with van der Waals surface area (Å²) in [7, 11) is 3.57. The number of amides is 1. The van der Waals surface area contributed by atoms with Crippen molar-refractivity contribution in [3.63, 3.8) is 0 Å². The van der Waals surface area contributed by atoms with E-state index in [1.54, 1.807) is 7.11 Å². The first-order valence-corrected chi connectivity index (χ1v) is 12.4. The molecule has 1 amide bonds. The van der Waals surface area contributed by atoms with Gasteiger partial charge in [-0.1, -0.05) is 48.5 Å². The van der Waals surface area contributed by atoms with E-state index in [1.807, 2.05) is 84.4 Å². The highest BCUT2D eigenvalue weighted by Crippen LogP contribution is 2.29. The van der Waals surface area contributed by atoms with E-state index in [2.05, 4.69) is 10.6 Å². The normalized spacial score (nSPS) is 11.8. The van der Waals surface area contributed by atoms with Crippen LogP contribution in [-0.4, -0.2) is 40.8 Å². The maximum absolute atomic E-state index is 13.3. The van der Waals surface area contributed by atoms with Crippen molar-refractivity contribution in [3.8, 4) is 16.9 Å². The van der Waals surface area contributed by atoms with E-state index < -0.39 is 0 Å². The number of carbonyl (C=O) groups excluding carboxylic acids is 1. The van der Waals surface area contributed by atoms with Crippen molar-refractivity contribution in [2.45, 2.75) is 18.9 Å². The minimum Gasteiger partial charge on any atom is -0.494 e. The number of nitrogens with one attached hydrogen (secondary N) is 3. The zero-order chi connectivity index (χ0) is 25.5. The van der Waals surface area contributed by atoms with Gasteiger partial charge in [-0.3, -0.25) is 10.2 Å². The summed E-state index contributed by atoms with van der Waals surface area (Å²) in [6.07, 6.45) is 1.35. The van der Waals surface area contributed by atoms with Crippen LogP contribution in [0.25, 0.3) is 22.2 Å². The molecule has 0 unspecified atom stereocenters. The molecule has 0 saturated carbocycles. The lowest BCUT2D eigenvalue weighted by molar-refractivity contribution is 0.0932. The molecule has 7 nitrogen and oxygen atoms in total. The summed E-state index contributed by atoms with van der Waals surface area (Å²) in [5.41, 5.74) is 4.42. The number of hydrogen-bond donors (Lipinski definition) is 3. The number of aryl methyl sites for hydroxylation is 1. The third kappa shape index (κ3) is 5.69. The average Bonchev–Trinajstić information content (AvgIpc) is 3.27. The topological polar surface area (TPSA) is 92.0 Å². The van der Waals surface area contributed by atoms with Crippen LogP contribution in [0.2, 0.25) is 0 Å². The van der Waals surface area contributed by atoms with Gasteiger partial charge in [-0.2, -0.15) is 0 Å². The monoisotopic (exact) mass is 503 g/mol. The zero-order valence-corrected chi connectivity index (χ0v) is 21.2. The second kappa shape index (κ2) is 11.7. The van der Waals surface area contributed by atoms with Gasteiger partial charge < -0.3 is 19.9 Å². The first-order chi connectivity index (χ1) is 17.5. The van der Waals surface area contributed by atoms with Crippen LogP contribution in [0.5, 0.6) is 5.75 Å². The number of amidine groups is 1. The summed E-state index contributed by atoms with van der Waals surface area (Å²) in [4.78, 5) is 18.1. The van der Waals surface area contributed by atoms with Crippen LogP contribution in [-0.2, 0) is 7.05 Å². The minimum atomic E-state index is -0.333. The molecule has 1 atom stereocenters. The van der Waals surface area contributed by atoms with E-state index >= 15 is 0 Å². The van der Waals surface area contributed by atoms with Crippen molar-refractivity contribution in [3.05, 3.63) is 84.2 Å². The van der Waals surface area contributed by atoms with Crippen LogP contribution in [0, 0.1) is 5.41 Å². The van der Waals surface area contributed by atoms with E-state index in [0.717, 1.165) is 34.4 Å². The van der Waals surface area contributed by atoms with E-state index in [-0.39, 0.29) is 23.7 Å². The van der Waals surface area contributed by atoms with Crippen molar-refractivity contribution in [2.75, 3.05) is 19.5 Å². The van der Waals surface area contributed by atoms with Crippen molar-refractivity contribution in [1.82, 2.24) is 20.2 Å². The van der Waals surface area contributed by atoms with E-state index in [4.69, 9.17) is 26.7 Å². The smallest absolute Gasteiger partial charge is 0.251 e. The number of carbonyl (C=O) groups is 1. The molecule has 4 rings (SSSR count). The molecule has 3 aromatic carbocycles. The van der Waals surface area contributed by atoms with Crippen LogP contribution in [0.15, 0.2) is 72.8 Å². The number of nitrogens with zero attached hydrogens (tertiary/aromatic N) is 2. The zero-order valence-electron chi connectivity index (χ0n) is 20.4. The third-order valence-corrected chi connectivity index (χ3v) is 6.41. The first-order valence-electron chi connectivity index (χ1n) is 11.8. The molecule has 3 N–H and O–H groups in total. The molecule has 186 valence electrons. The molecule has 0 radical (unpaired) electrons. The molecule has 1 aromatic heterocycles. The van der Waals surface area contributed by atoms with Gasteiger partial charge in [0.2, 0.25) is 0 Å². The van der Waals surface area contributed by atoms with E-state index in [0.29, 0.717) is 24.3 Å². The SMILES string of the molecule is COc1cccc2c1nc([C@H](CCCNC(=N)CCl)NC(=O)c1ccc(-c3ccccc3)cc1)n2C. The molecule has 0 spiro atoms. The maximum atomic E-state index is 13.3. The fraction of sp³-hybridized carbons (Fsp3) is 0.250. The Morgan fingerprint density at radius 1 is 1.06 bits per heavy atom. The summed E-state index contributed by atoms with van der Waals surface area (Å²) in [5, 5.41) is 13.9. The second-order valence-corrected chi connectivity index (χ2v) is 8.77. The van der Waals surface area contributed by atoms with Crippen LogP contribution in [0.4, 0.5) is 0 Å². The maximum Gasteiger partial charge on any atom is 0.251 e. The van der Waals surface area contributed by atoms with Gasteiger partial charge in [0.15, 0.2) is 0 Å². The standard InChI is InChI=1S/C28H30ClN5O2/c1-34-23-11-6-12-24(36-2)26(23)33-27(34)22(10-7-17-31-25(30)18-29)32-28(35)21-15-13-20(14-16-21)19-8-4-3-5-9-19/h3-6,8-9,11-16,22H,7,10,17-18H2,1-2H3,(H2,30,31)(H,32,35)/t22-/m0/s1. The highest BCUT2D eigenvalue weighted by molar-refractivity contribution is 6.27. The molecule has 0 saturated heterocycles. The van der Waals surface area contributed by atoms with Gasteiger partial charge in [-0.25, -0.2) is 4.98 Å². The Balaban J connectivity index is 1.57. The fourth-order valence-electron chi connectivity index (χ4n) is 4.23. The summed E-state index contributed by atoms with van der Waals surface area (Å²) in [5.74, 6) is 1.69. The van der Waals surface area contributed by atoms with E-state index in [9.17, 15) is 4.79 Å². The second-order valence-electron chi connectivity index (χ2n) is 8.51. The Labute approximate surface area is 216 Å². The van der Waals surface area contributed by atoms with Gasteiger partial charge >= 0.3 is 0 Å². The van der Waals surface area contributed by atoms with Crippen molar-refractivity contribution < 1.29 is 9.53 Å². The number of benzene rings is 3. The number of halogens is 1. The molecule has 0 aliphatic rings. The number of imidazole rings is 1. The molecule has 36 heavy (non-hydrogen) atoms. The van der Waals surface area contributed by atoms with Gasteiger partial charge in [0, 0.05) is 19.2 Å². The Kier molecular flexibility index (Phi) is 8.23. The lowest BCUT2D eigenvalue weighted by Crippen LogP contribution is -2.31. The van der Waals surface area contributed by atoms with Crippen molar-refractivity contribution in [2.24, 2.45) is 7.05 Å². The molecule has 0 aliphatic heterocycles. The Hall–Kier alpha value is -3.84. The molecule has 0 fully saturated rings. The number of fused-ring (bicyclic) bond motifs is 1. The summed E-state index contributed by atoms with van der Waals surface area (Å²) in [6, 6.07) is 23.1. The van der Waals surface area contributed by atoms with Gasteiger partial charge in [0.25, 0.3) is 5.91 Å². The average molecular weight is 504 g/mol. The molecule has 0 aliphatic carbocycles. The van der Waals surface area contributed by atoms with Crippen molar-refractivity contribution >= 4 is 34.4 Å². The van der Waals surface area contributed by atoms with Gasteiger partial charge in [0.05, 0.1) is 24.5 Å². The number of ether oxygens (including phenoxy) is 1. The first kappa shape index (κ1) is 25.3.